The zero-order chi connectivity index (χ0) is 19.3. The molecular formula is C18H16ClF4NO2. The third-order valence-corrected chi connectivity index (χ3v) is 3.89. The van der Waals surface area contributed by atoms with Crippen LogP contribution in [0.15, 0.2) is 42.5 Å². The third kappa shape index (κ3) is 5.71. The fourth-order valence-corrected chi connectivity index (χ4v) is 2.46. The molecule has 0 aromatic heterocycles. The van der Waals surface area contributed by atoms with E-state index in [9.17, 15) is 22.4 Å². The maximum atomic E-state index is 13.8. The molecule has 1 amide bonds. The van der Waals surface area contributed by atoms with E-state index in [1.54, 1.807) is 0 Å². The normalized spacial score (nSPS) is 11.5. The Morgan fingerprint density at radius 2 is 1.81 bits per heavy atom. The number of ether oxygens (including phenoxy) is 1. The third-order valence-electron chi connectivity index (χ3n) is 3.54. The van der Waals surface area contributed by atoms with Gasteiger partial charge >= 0.3 is 6.18 Å². The first-order chi connectivity index (χ1) is 12.2. The molecule has 2 aromatic rings. The molecule has 0 aliphatic rings. The summed E-state index contributed by atoms with van der Waals surface area (Å²) < 4.78 is 54.5. The Morgan fingerprint density at radius 3 is 2.38 bits per heavy atom. The molecule has 0 fully saturated rings. The Morgan fingerprint density at radius 1 is 1.15 bits per heavy atom. The topological polar surface area (TPSA) is 29.5 Å². The number of nitrogens with zero attached hydrogens (tertiary/aromatic N) is 1. The number of amides is 1. The van der Waals surface area contributed by atoms with Crippen molar-refractivity contribution in [2.24, 2.45) is 0 Å². The highest BCUT2D eigenvalue weighted by Crippen LogP contribution is 2.21. The molecule has 8 heteroatoms. The highest BCUT2D eigenvalue weighted by atomic mass is 35.5. The summed E-state index contributed by atoms with van der Waals surface area (Å²) in [6.45, 7) is -1.56. The Labute approximate surface area is 153 Å². The summed E-state index contributed by atoms with van der Waals surface area (Å²) in [7, 11) is 1.51. The molecule has 140 valence electrons. The van der Waals surface area contributed by atoms with Gasteiger partial charge in [0.1, 0.15) is 12.4 Å². The van der Waals surface area contributed by atoms with Gasteiger partial charge in [-0.1, -0.05) is 29.8 Å². The molecule has 0 heterocycles. The van der Waals surface area contributed by atoms with Crippen molar-refractivity contribution in [2.45, 2.75) is 19.3 Å². The van der Waals surface area contributed by atoms with Gasteiger partial charge < -0.3 is 9.64 Å². The Bertz CT molecular complexity index is 743. The molecule has 2 aromatic carbocycles. The SMILES string of the molecule is CN(Cc1c(F)cccc1Cl)C(=O)c1ccc(COCC(F)(F)F)cc1. The first-order valence-corrected chi connectivity index (χ1v) is 7.97. The average molecular weight is 390 g/mol. The van der Waals surface area contributed by atoms with Crippen LogP contribution in [0.3, 0.4) is 0 Å². The van der Waals surface area contributed by atoms with Crippen molar-refractivity contribution in [1.29, 1.82) is 0 Å². The molecule has 0 N–H and O–H groups in total. The lowest BCUT2D eigenvalue weighted by molar-refractivity contribution is -0.176. The van der Waals surface area contributed by atoms with E-state index in [1.807, 2.05) is 0 Å². The van der Waals surface area contributed by atoms with Crippen molar-refractivity contribution in [3.05, 3.63) is 70.0 Å². The summed E-state index contributed by atoms with van der Waals surface area (Å²) in [5, 5.41) is 0.224. The number of hydrogen-bond acceptors (Lipinski definition) is 2. The minimum Gasteiger partial charge on any atom is -0.367 e. The molecule has 0 saturated carbocycles. The van der Waals surface area contributed by atoms with Crippen molar-refractivity contribution in [2.75, 3.05) is 13.7 Å². The van der Waals surface area contributed by atoms with Gasteiger partial charge in [0.25, 0.3) is 5.91 Å². The van der Waals surface area contributed by atoms with Crippen LogP contribution in [0.1, 0.15) is 21.5 Å². The molecule has 0 bridgehead atoms. The number of hydrogen-bond donors (Lipinski definition) is 0. The largest absolute Gasteiger partial charge is 0.411 e. The van der Waals surface area contributed by atoms with Gasteiger partial charge in [0, 0.05) is 29.7 Å². The maximum absolute atomic E-state index is 13.8. The first-order valence-electron chi connectivity index (χ1n) is 7.59. The lowest BCUT2D eigenvalue weighted by Gasteiger charge is -2.18. The zero-order valence-corrected chi connectivity index (χ0v) is 14.6. The monoisotopic (exact) mass is 389 g/mol. The number of carbonyl (C=O) groups excluding carboxylic acids is 1. The van der Waals surface area contributed by atoms with Crippen molar-refractivity contribution >= 4 is 17.5 Å². The van der Waals surface area contributed by atoms with E-state index in [0.717, 1.165) is 0 Å². The second kappa shape index (κ2) is 8.51. The maximum Gasteiger partial charge on any atom is 0.411 e. The van der Waals surface area contributed by atoms with Gasteiger partial charge in [0.15, 0.2) is 0 Å². The number of rotatable bonds is 6. The lowest BCUT2D eigenvalue weighted by Crippen LogP contribution is -2.26. The van der Waals surface area contributed by atoms with Crippen LogP contribution in [-0.4, -0.2) is 30.6 Å². The first kappa shape index (κ1) is 20.2. The van der Waals surface area contributed by atoms with Gasteiger partial charge in [0.05, 0.1) is 6.61 Å². The summed E-state index contributed by atoms with van der Waals surface area (Å²) >= 11 is 5.95. The fraction of sp³-hybridized carbons (Fsp3) is 0.278. The predicted octanol–water partition coefficient (Wildman–Crippen LogP) is 4.83. The van der Waals surface area contributed by atoms with Gasteiger partial charge in [-0.15, -0.1) is 0 Å². The summed E-state index contributed by atoms with van der Waals surface area (Å²) in [5.74, 6) is -0.874. The quantitative estimate of drug-likeness (QED) is 0.662. The smallest absolute Gasteiger partial charge is 0.367 e. The summed E-state index contributed by atoms with van der Waals surface area (Å²) in [6.07, 6.45) is -4.38. The van der Waals surface area contributed by atoms with Crippen molar-refractivity contribution in [1.82, 2.24) is 4.90 Å². The minimum absolute atomic E-state index is 0.0131. The predicted molar refractivity (Wildman–Crippen MR) is 89.4 cm³/mol. The fourth-order valence-electron chi connectivity index (χ4n) is 2.24. The van der Waals surface area contributed by atoms with Gasteiger partial charge in [-0.3, -0.25) is 4.79 Å². The molecule has 26 heavy (non-hydrogen) atoms. The van der Waals surface area contributed by atoms with Crippen molar-refractivity contribution in [3.63, 3.8) is 0 Å². The molecule has 2 rings (SSSR count). The molecule has 0 unspecified atom stereocenters. The molecule has 0 atom stereocenters. The van der Waals surface area contributed by atoms with E-state index < -0.39 is 18.6 Å². The van der Waals surface area contributed by atoms with E-state index in [2.05, 4.69) is 4.74 Å². The minimum atomic E-state index is -4.38. The Hall–Kier alpha value is -2.12. The standard InChI is InChI=1S/C18H16ClF4NO2/c1-24(9-14-15(19)3-2-4-16(14)20)17(25)13-7-5-12(6-8-13)10-26-11-18(21,22)23/h2-8H,9-11H2,1H3. The van der Waals surface area contributed by atoms with Crippen LogP contribution in [0.4, 0.5) is 17.6 Å². The Balaban J connectivity index is 1.98. The van der Waals surface area contributed by atoms with Crippen LogP contribution in [0.2, 0.25) is 5.02 Å². The van der Waals surface area contributed by atoms with Crippen LogP contribution in [0, 0.1) is 5.82 Å². The summed E-state index contributed by atoms with van der Waals surface area (Å²) in [6, 6.07) is 10.2. The average Bonchev–Trinajstić information content (AvgIpc) is 2.57. The van der Waals surface area contributed by atoms with Crippen LogP contribution in [-0.2, 0) is 17.9 Å². The molecule has 3 nitrogen and oxygen atoms in total. The van der Waals surface area contributed by atoms with Crippen LogP contribution in [0.5, 0.6) is 0 Å². The molecule has 0 radical (unpaired) electrons. The van der Waals surface area contributed by atoms with Crippen molar-refractivity contribution in [3.8, 4) is 0 Å². The van der Waals surface area contributed by atoms with Crippen LogP contribution in [0.25, 0.3) is 0 Å². The van der Waals surface area contributed by atoms with Gasteiger partial charge in [-0.2, -0.15) is 13.2 Å². The van der Waals surface area contributed by atoms with E-state index >= 15 is 0 Å². The van der Waals surface area contributed by atoms with E-state index in [0.29, 0.717) is 11.1 Å². The number of benzene rings is 2. The van der Waals surface area contributed by atoms with E-state index in [4.69, 9.17) is 11.6 Å². The van der Waals surface area contributed by atoms with Gasteiger partial charge in [0.2, 0.25) is 0 Å². The summed E-state index contributed by atoms with van der Waals surface area (Å²) in [5.41, 5.74) is 1.03. The second-order valence-corrected chi connectivity index (χ2v) is 6.07. The van der Waals surface area contributed by atoms with Crippen LogP contribution >= 0.6 is 11.6 Å². The van der Waals surface area contributed by atoms with Crippen molar-refractivity contribution < 1.29 is 27.1 Å². The summed E-state index contributed by atoms with van der Waals surface area (Å²) in [4.78, 5) is 13.7. The molecule has 0 spiro atoms. The molecule has 0 aliphatic heterocycles. The Kier molecular flexibility index (Phi) is 6.61. The van der Waals surface area contributed by atoms with Gasteiger partial charge in [-0.05, 0) is 29.8 Å². The number of carbonyl (C=O) groups is 1. The van der Waals surface area contributed by atoms with Crippen LogP contribution < -0.4 is 0 Å². The van der Waals surface area contributed by atoms with Gasteiger partial charge in [-0.25, -0.2) is 4.39 Å². The zero-order valence-electron chi connectivity index (χ0n) is 13.8. The highest BCUT2D eigenvalue weighted by Gasteiger charge is 2.27. The molecule has 0 aliphatic carbocycles. The lowest BCUT2D eigenvalue weighted by atomic mass is 10.1. The molecular weight excluding hydrogens is 374 g/mol. The second-order valence-electron chi connectivity index (χ2n) is 5.67. The number of alkyl halides is 3. The highest BCUT2D eigenvalue weighted by molar-refractivity contribution is 6.31. The van der Waals surface area contributed by atoms with E-state index in [1.165, 1.54) is 54.4 Å². The molecule has 0 saturated heterocycles. The van der Waals surface area contributed by atoms with E-state index in [-0.39, 0.29) is 29.6 Å². The number of halogens is 5.